The second-order valence-electron chi connectivity index (χ2n) is 5.04. The summed E-state index contributed by atoms with van der Waals surface area (Å²) in [5.41, 5.74) is 6.85. The normalized spacial score (nSPS) is 24.1. The quantitative estimate of drug-likeness (QED) is 0.873. The molecule has 1 saturated heterocycles. The van der Waals surface area contributed by atoms with E-state index < -0.39 is 0 Å². The zero-order valence-electron chi connectivity index (χ0n) is 11.4. The van der Waals surface area contributed by atoms with Gasteiger partial charge in [-0.15, -0.1) is 0 Å². The fraction of sp³-hybridized carbons (Fsp3) is 0.692. The van der Waals surface area contributed by atoms with Gasteiger partial charge in [-0.25, -0.2) is 9.97 Å². The van der Waals surface area contributed by atoms with Gasteiger partial charge in [0.2, 0.25) is 5.88 Å². The van der Waals surface area contributed by atoms with Gasteiger partial charge in [-0.2, -0.15) is 0 Å². The molecule has 2 atom stereocenters. The summed E-state index contributed by atoms with van der Waals surface area (Å²) < 4.78 is 5.25. The number of anilines is 1. The van der Waals surface area contributed by atoms with Crippen molar-refractivity contribution >= 4 is 5.82 Å². The molecule has 1 aliphatic rings. The SMILES string of the molecule is COc1ncnc(N2CCC(C)C(CN)C2)c1C. The first-order valence-corrected chi connectivity index (χ1v) is 6.48. The first kappa shape index (κ1) is 13.1. The number of nitrogens with zero attached hydrogens (tertiary/aromatic N) is 3. The number of aromatic nitrogens is 2. The second kappa shape index (κ2) is 5.52. The number of methoxy groups -OCH3 is 1. The molecule has 2 unspecified atom stereocenters. The molecule has 0 aromatic carbocycles. The summed E-state index contributed by atoms with van der Waals surface area (Å²) in [5, 5.41) is 0. The zero-order valence-corrected chi connectivity index (χ0v) is 11.4. The molecule has 0 amide bonds. The molecule has 0 radical (unpaired) electrons. The maximum Gasteiger partial charge on any atom is 0.221 e. The minimum atomic E-state index is 0.541. The summed E-state index contributed by atoms with van der Waals surface area (Å²) in [5.74, 6) is 2.87. The van der Waals surface area contributed by atoms with E-state index in [1.54, 1.807) is 13.4 Å². The highest BCUT2D eigenvalue weighted by Crippen LogP contribution is 2.29. The number of rotatable bonds is 3. The van der Waals surface area contributed by atoms with Crippen LogP contribution in [0.25, 0.3) is 0 Å². The predicted molar refractivity (Wildman–Crippen MR) is 71.9 cm³/mol. The van der Waals surface area contributed by atoms with Crippen molar-refractivity contribution < 1.29 is 4.74 Å². The monoisotopic (exact) mass is 250 g/mol. The third kappa shape index (κ3) is 2.41. The standard InChI is InChI=1S/C13H22N4O/c1-9-4-5-17(7-11(9)6-14)12-10(2)13(18-3)16-8-15-12/h8-9,11H,4-7,14H2,1-3H3. The van der Waals surface area contributed by atoms with Crippen LogP contribution in [-0.4, -0.2) is 36.7 Å². The molecular weight excluding hydrogens is 228 g/mol. The molecule has 0 saturated carbocycles. The average Bonchev–Trinajstić information content (AvgIpc) is 2.40. The van der Waals surface area contributed by atoms with Gasteiger partial charge in [-0.3, -0.25) is 0 Å². The van der Waals surface area contributed by atoms with Crippen LogP contribution >= 0.6 is 0 Å². The number of hydrogen-bond donors (Lipinski definition) is 1. The summed E-state index contributed by atoms with van der Waals surface area (Å²) in [6.07, 6.45) is 2.73. The van der Waals surface area contributed by atoms with Crippen LogP contribution in [-0.2, 0) is 0 Å². The topological polar surface area (TPSA) is 64.3 Å². The number of ether oxygens (including phenoxy) is 1. The Balaban J connectivity index is 2.21. The molecule has 1 aromatic rings. The molecule has 5 heteroatoms. The van der Waals surface area contributed by atoms with Crippen LogP contribution < -0.4 is 15.4 Å². The molecule has 18 heavy (non-hydrogen) atoms. The van der Waals surface area contributed by atoms with E-state index in [1.807, 2.05) is 6.92 Å². The Kier molecular flexibility index (Phi) is 4.01. The average molecular weight is 250 g/mol. The molecule has 5 nitrogen and oxygen atoms in total. The van der Waals surface area contributed by atoms with Gasteiger partial charge in [0, 0.05) is 13.1 Å². The van der Waals surface area contributed by atoms with E-state index in [9.17, 15) is 0 Å². The van der Waals surface area contributed by atoms with Crippen LogP contribution in [0.3, 0.4) is 0 Å². The van der Waals surface area contributed by atoms with E-state index in [1.165, 1.54) is 0 Å². The third-order valence-corrected chi connectivity index (χ3v) is 3.92. The lowest BCUT2D eigenvalue weighted by Crippen LogP contribution is -2.43. The van der Waals surface area contributed by atoms with Crippen molar-refractivity contribution in [1.29, 1.82) is 0 Å². The van der Waals surface area contributed by atoms with Gasteiger partial charge >= 0.3 is 0 Å². The Labute approximate surface area is 108 Å². The van der Waals surface area contributed by atoms with Crippen molar-refractivity contribution in [1.82, 2.24) is 9.97 Å². The van der Waals surface area contributed by atoms with Gasteiger partial charge in [0.05, 0.1) is 12.7 Å². The van der Waals surface area contributed by atoms with Crippen molar-refractivity contribution in [3.05, 3.63) is 11.9 Å². The number of piperidine rings is 1. The molecule has 0 bridgehead atoms. The highest BCUT2D eigenvalue weighted by atomic mass is 16.5. The molecule has 1 aliphatic heterocycles. The molecule has 1 fully saturated rings. The van der Waals surface area contributed by atoms with Gasteiger partial charge in [0.1, 0.15) is 12.1 Å². The molecule has 2 N–H and O–H groups in total. The van der Waals surface area contributed by atoms with Crippen molar-refractivity contribution in [2.24, 2.45) is 17.6 Å². The van der Waals surface area contributed by atoms with E-state index in [4.69, 9.17) is 10.5 Å². The number of nitrogens with two attached hydrogens (primary N) is 1. The highest BCUT2D eigenvalue weighted by molar-refractivity contribution is 5.50. The second-order valence-corrected chi connectivity index (χ2v) is 5.04. The van der Waals surface area contributed by atoms with Crippen LogP contribution in [0.4, 0.5) is 5.82 Å². The van der Waals surface area contributed by atoms with E-state index in [-0.39, 0.29) is 0 Å². The fourth-order valence-corrected chi connectivity index (χ4v) is 2.60. The molecule has 2 rings (SSSR count). The van der Waals surface area contributed by atoms with Crippen LogP contribution in [0, 0.1) is 18.8 Å². The number of hydrogen-bond acceptors (Lipinski definition) is 5. The van der Waals surface area contributed by atoms with Crippen molar-refractivity contribution in [3.63, 3.8) is 0 Å². The Bertz CT molecular complexity index is 410. The van der Waals surface area contributed by atoms with Crippen molar-refractivity contribution in [2.75, 3.05) is 31.6 Å². The molecule has 0 aliphatic carbocycles. The summed E-state index contributed by atoms with van der Waals surface area (Å²) in [6, 6.07) is 0. The van der Waals surface area contributed by atoms with Crippen LogP contribution in [0.2, 0.25) is 0 Å². The molecule has 100 valence electrons. The predicted octanol–water partition coefficient (Wildman–Crippen LogP) is 1.21. The lowest BCUT2D eigenvalue weighted by atomic mass is 9.87. The Hall–Kier alpha value is -1.36. The van der Waals surface area contributed by atoms with E-state index >= 15 is 0 Å². The van der Waals surface area contributed by atoms with Crippen molar-refractivity contribution in [2.45, 2.75) is 20.3 Å². The van der Waals surface area contributed by atoms with Gasteiger partial charge in [0.25, 0.3) is 0 Å². The molecule has 0 spiro atoms. The lowest BCUT2D eigenvalue weighted by Gasteiger charge is -2.37. The van der Waals surface area contributed by atoms with Gasteiger partial charge in [-0.1, -0.05) is 6.92 Å². The molecule has 1 aromatic heterocycles. The van der Waals surface area contributed by atoms with Gasteiger partial charge in [0.15, 0.2) is 0 Å². The third-order valence-electron chi connectivity index (χ3n) is 3.92. The highest BCUT2D eigenvalue weighted by Gasteiger charge is 2.27. The van der Waals surface area contributed by atoms with Gasteiger partial charge in [-0.05, 0) is 31.7 Å². The van der Waals surface area contributed by atoms with Crippen LogP contribution in [0.5, 0.6) is 5.88 Å². The Morgan fingerprint density at radius 3 is 2.94 bits per heavy atom. The summed E-state index contributed by atoms with van der Waals surface area (Å²) in [7, 11) is 1.64. The Morgan fingerprint density at radius 1 is 1.50 bits per heavy atom. The fourth-order valence-electron chi connectivity index (χ4n) is 2.60. The Morgan fingerprint density at radius 2 is 2.28 bits per heavy atom. The first-order valence-electron chi connectivity index (χ1n) is 6.48. The summed E-state index contributed by atoms with van der Waals surface area (Å²) >= 11 is 0. The maximum atomic E-state index is 5.84. The lowest BCUT2D eigenvalue weighted by molar-refractivity contribution is 0.306. The van der Waals surface area contributed by atoms with Crippen molar-refractivity contribution in [3.8, 4) is 5.88 Å². The first-order chi connectivity index (χ1) is 8.67. The van der Waals surface area contributed by atoms with Crippen LogP contribution in [0.15, 0.2) is 6.33 Å². The van der Waals surface area contributed by atoms with E-state index in [0.717, 1.165) is 37.4 Å². The van der Waals surface area contributed by atoms with Gasteiger partial charge < -0.3 is 15.4 Å². The summed E-state index contributed by atoms with van der Waals surface area (Å²) in [4.78, 5) is 10.8. The summed E-state index contributed by atoms with van der Waals surface area (Å²) in [6.45, 7) is 7.02. The zero-order chi connectivity index (χ0) is 13.1. The molecular formula is C13H22N4O. The minimum absolute atomic E-state index is 0.541. The molecule has 2 heterocycles. The van der Waals surface area contributed by atoms with Crippen LogP contribution in [0.1, 0.15) is 18.9 Å². The maximum absolute atomic E-state index is 5.84. The smallest absolute Gasteiger partial charge is 0.221 e. The van der Waals surface area contributed by atoms with E-state index in [0.29, 0.717) is 17.7 Å². The largest absolute Gasteiger partial charge is 0.481 e. The van der Waals surface area contributed by atoms with E-state index in [2.05, 4.69) is 21.8 Å². The minimum Gasteiger partial charge on any atom is -0.481 e.